The maximum Gasteiger partial charge on any atom is 0.341 e. The molecule has 3 heterocycles. The van der Waals surface area contributed by atoms with Crippen LogP contribution in [0.5, 0.6) is 0 Å². The van der Waals surface area contributed by atoms with Gasteiger partial charge in [-0.05, 0) is 67.3 Å². The number of pyridine rings is 1. The van der Waals surface area contributed by atoms with Gasteiger partial charge in [0.2, 0.25) is 0 Å². The zero-order chi connectivity index (χ0) is 25.6. The third-order valence-electron chi connectivity index (χ3n) is 7.06. The number of ether oxygens (including phenoxy) is 1. The molecule has 7 heteroatoms. The number of amides is 1. The van der Waals surface area contributed by atoms with Gasteiger partial charge in [0.15, 0.2) is 0 Å². The second kappa shape index (κ2) is 9.45. The van der Waals surface area contributed by atoms with Crippen LogP contribution in [0, 0.1) is 18.3 Å². The summed E-state index contributed by atoms with van der Waals surface area (Å²) in [6.45, 7) is 8.85. The van der Waals surface area contributed by atoms with E-state index in [1.54, 1.807) is 11.3 Å². The first-order valence-electron chi connectivity index (χ1n) is 12.2. The number of nitrogens with one attached hydrogen (secondary N) is 1. The molecule has 5 rings (SSSR count). The van der Waals surface area contributed by atoms with E-state index in [2.05, 4.69) is 39.1 Å². The molecule has 1 aliphatic carbocycles. The zero-order valence-corrected chi connectivity index (χ0v) is 22.9. The van der Waals surface area contributed by atoms with Crippen molar-refractivity contribution in [3.8, 4) is 10.6 Å². The van der Waals surface area contributed by atoms with Crippen LogP contribution in [0.2, 0.25) is 0 Å². The largest absolute Gasteiger partial charge is 0.465 e. The Morgan fingerprint density at radius 3 is 2.58 bits per heavy atom. The summed E-state index contributed by atoms with van der Waals surface area (Å²) in [6.07, 6.45) is 2.74. The van der Waals surface area contributed by atoms with E-state index in [-0.39, 0.29) is 11.3 Å². The van der Waals surface area contributed by atoms with E-state index in [1.807, 2.05) is 36.4 Å². The lowest BCUT2D eigenvalue weighted by atomic mass is 9.72. The molecule has 0 unspecified atom stereocenters. The Morgan fingerprint density at radius 1 is 1.11 bits per heavy atom. The summed E-state index contributed by atoms with van der Waals surface area (Å²) in [5, 5.41) is 4.43. The predicted molar refractivity (Wildman–Crippen MR) is 148 cm³/mol. The standard InChI is InChI=1S/C29H30N2O3S2/c1-16-10-13-23(35-16)22-15-20(18-8-6-7-9-21(18)30-22)26(32)31-27-25(28(33)34-5)19-12-11-17(29(2,3)4)14-24(19)36-27/h6-10,13,15,17H,11-12,14H2,1-5H3,(H,31,32)/t17-/m1/s1. The zero-order valence-electron chi connectivity index (χ0n) is 21.2. The number of carbonyl (C=O) groups is 2. The van der Waals surface area contributed by atoms with Crippen LogP contribution in [0.3, 0.4) is 0 Å². The molecule has 1 amide bonds. The molecule has 1 atom stereocenters. The molecule has 186 valence electrons. The highest BCUT2D eigenvalue weighted by atomic mass is 32.1. The van der Waals surface area contributed by atoms with Crippen molar-refractivity contribution in [3.05, 3.63) is 68.9 Å². The Kier molecular flexibility index (Phi) is 6.47. The number of carbonyl (C=O) groups excluding carboxylic acids is 2. The molecule has 0 fully saturated rings. The third-order valence-corrected chi connectivity index (χ3v) is 9.25. The van der Waals surface area contributed by atoms with Crippen molar-refractivity contribution >= 4 is 50.5 Å². The minimum absolute atomic E-state index is 0.184. The molecule has 0 bridgehead atoms. The summed E-state index contributed by atoms with van der Waals surface area (Å²) in [7, 11) is 1.39. The van der Waals surface area contributed by atoms with Gasteiger partial charge in [0.05, 0.1) is 34.3 Å². The van der Waals surface area contributed by atoms with Gasteiger partial charge in [-0.1, -0.05) is 39.0 Å². The van der Waals surface area contributed by atoms with E-state index in [0.29, 0.717) is 22.0 Å². The maximum absolute atomic E-state index is 13.7. The van der Waals surface area contributed by atoms with E-state index >= 15 is 0 Å². The van der Waals surface area contributed by atoms with Crippen LogP contribution >= 0.6 is 22.7 Å². The number of benzene rings is 1. The number of fused-ring (bicyclic) bond motifs is 2. The van der Waals surface area contributed by atoms with E-state index < -0.39 is 5.97 Å². The van der Waals surface area contributed by atoms with Crippen LogP contribution in [0.15, 0.2) is 42.5 Å². The third kappa shape index (κ3) is 4.58. The van der Waals surface area contributed by atoms with Crippen molar-refractivity contribution in [1.29, 1.82) is 0 Å². The number of rotatable bonds is 4. The van der Waals surface area contributed by atoms with Crippen molar-refractivity contribution in [2.75, 3.05) is 12.4 Å². The first-order chi connectivity index (χ1) is 17.2. The quantitative estimate of drug-likeness (QED) is 0.284. The van der Waals surface area contributed by atoms with Crippen LogP contribution in [0.4, 0.5) is 5.00 Å². The summed E-state index contributed by atoms with van der Waals surface area (Å²) in [5.74, 6) is -0.121. The summed E-state index contributed by atoms with van der Waals surface area (Å²) in [6, 6.07) is 13.6. The normalized spacial score (nSPS) is 15.5. The maximum atomic E-state index is 13.7. The molecule has 3 aromatic heterocycles. The lowest BCUT2D eigenvalue weighted by molar-refractivity contribution is 0.0600. The van der Waals surface area contributed by atoms with Gasteiger partial charge in [0.1, 0.15) is 5.00 Å². The number of methoxy groups -OCH3 is 1. The lowest BCUT2D eigenvalue weighted by Crippen LogP contribution is -2.26. The van der Waals surface area contributed by atoms with Crippen molar-refractivity contribution in [3.63, 3.8) is 0 Å². The molecule has 1 aliphatic rings. The van der Waals surface area contributed by atoms with Crippen LogP contribution in [-0.4, -0.2) is 24.0 Å². The van der Waals surface area contributed by atoms with Gasteiger partial charge in [-0.25, -0.2) is 9.78 Å². The molecule has 0 radical (unpaired) electrons. The highest BCUT2D eigenvalue weighted by molar-refractivity contribution is 7.17. The smallest absolute Gasteiger partial charge is 0.341 e. The fraction of sp³-hybridized carbons (Fsp3) is 0.345. The minimum atomic E-state index is -0.397. The number of aryl methyl sites for hydroxylation is 1. The highest BCUT2D eigenvalue weighted by Crippen LogP contribution is 2.44. The molecule has 0 aliphatic heterocycles. The molecule has 1 aromatic carbocycles. The lowest BCUT2D eigenvalue weighted by Gasteiger charge is -2.33. The van der Waals surface area contributed by atoms with E-state index in [9.17, 15) is 9.59 Å². The molecule has 36 heavy (non-hydrogen) atoms. The van der Waals surface area contributed by atoms with Crippen LogP contribution in [0.25, 0.3) is 21.5 Å². The number of thiophene rings is 2. The van der Waals surface area contributed by atoms with Gasteiger partial charge in [0, 0.05) is 15.1 Å². The second-order valence-electron chi connectivity index (χ2n) is 10.4. The topological polar surface area (TPSA) is 68.3 Å². The number of para-hydroxylation sites is 1. The van der Waals surface area contributed by atoms with Crippen LogP contribution in [0.1, 0.15) is 63.2 Å². The molecule has 0 saturated carbocycles. The van der Waals surface area contributed by atoms with Crippen LogP contribution in [-0.2, 0) is 17.6 Å². The number of hydrogen-bond acceptors (Lipinski definition) is 6. The number of esters is 1. The average Bonchev–Trinajstić information content (AvgIpc) is 3.44. The summed E-state index contributed by atoms with van der Waals surface area (Å²) in [4.78, 5) is 34.8. The Bertz CT molecular complexity index is 1480. The summed E-state index contributed by atoms with van der Waals surface area (Å²) in [5.41, 5.74) is 3.78. The molecule has 1 N–H and O–H groups in total. The second-order valence-corrected chi connectivity index (χ2v) is 12.8. The Balaban J connectivity index is 1.56. The highest BCUT2D eigenvalue weighted by Gasteiger charge is 2.34. The summed E-state index contributed by atoms with van der Waals surface area (Å²) < 4.78 is 5.14. The van der Waals surface area contributed by atoms with E-state index in [0.717, 1.165) is 46.3 Å². The van der Waals surface area contributed by atoms with Crippen molar-refractivity contribution in [2.24, 2.45) is 11.3 Å². The van der Waals surface area contributed by atoms with E-state index in [4.69, 9.17) is 9.72 Å². The van der Waals surface area contributed by atoms with E-state index in [1.165, 1.54) is 28.2 Å². The van der Waals surface area contributed by atoms with Crippen LogP contribution < -0.4 is 5.32 Å². The minimum Gasteiger partial charge on any atom is -0.465 e. The van der Waals surface area contributed by atoms with Gasteiger partial charge in [0.25, 0.3) is 5.91 Å². The number of hydrogen-bond donors (Lipinski definition) is 1. The molecular weight excluding hydrogens is 488 g/mol. The monoisotopic (exact) mass is 518 g/mol. The number of aromatic nitrogens is 1. The fourth-order valence-electron chi connectivity index (χ4n) is 4.96. The van der Waals surface area contributed by atoms with Gasteiger partial charge in [-0.15, -0.1) is 22.7 Å². The molecule has 5 nitrogen and oxygen atoms in total. The SMILES string of the molecule is COC(=O)c1c(NC(=O)c2cc(-c3ccc(C)s3)nc3ccccc23)sc2c1CC[C@@H](C(C)(C)C)C2. The molecule has 0 saturated heterocycles. The van der Waals surface area contributed by atoms with Crippen molar-refractivity contribution in [2.45, 2.75) is 47.0 Å². The number of anilines is 1. The van der Waals surface area contributed by atoms with Crippen molar-refractivity contribution in [1.82, 2.24) is 4.98 Å². The Hall–Kier alpha value is -3.03. The summed E-state index contributed by atoms with van der Waals surface area (Å²) >= 11 is 3.16. The average molecular weight is 519 g/mol. The first kappa shape index (κ1) is 24.7. The van der Waals surface area contributed by atoms with Crippen molar-refractivity contribution < 1.29 is 14.3 Å². The van der Waals surface area contributed by atoms with Gasteiger partial charge in [-0.3, -0.25) is 4.79 Å². The Morgan fingerprint density at radius 2 is 1.89 bits per heavy atom. The van der Waals surface area contributed by atoms with Gasteiger partial charge in [-0.2, -0.15) is 0 Å². The molecular formula is C29H30N2O3S2. The number of nitrogens with zero attached hydrogens (tertiary/aromatic N) is 1. The molecule has 0 spiro atoms. The molecule has 4 aromatic rings. The first-order valence-corrected chi connectivity index (χ1v) is 13.8. The predicted octanol–water partition coefficient (Wildman–Crippen LogP) is 7.52. The van der Waals surface area contributed by atoms with Gasteiger partial charge >= 0.3 is 5.97 Å². The Labute approximate surface area is 219 Å². The van der Waals surface area contributed by atoms with Gasteiger partial charge < -0.3 is 10.1 Å². The fourth-order valence-corrected chi connectivity index (χ4v) is 7.10.